The Morgan fingerprint density at radius 1 is 1.50 bits per heavy atom. The number of rotatable bonds is 5. The fraction of sp³-hybridized carbons (Fsp3) is 0.364. The minimum Gasteiger partial charge on any atom is -0.467 e. The van der Waals surface area contributed by atoms with Crippen LogP contribution in [0, 0.1) is 0 Å². The summed E-state index contributed by atoms with van der Waals surface area (Å²) in [4.78, 5) is 11.1. The molecule has 88 valence electrons. The standard InChI is InChI=1S/C11H12BrClO2S/c1-15-11(14)10(13)16-9(12)7-8-5-3-2-4-6-8/h2-6,9-10H,7H2,1H3. The van der Waals surface area contributed by atoms with E-state index in [2.05, 4.69) is 20.7 Å². The first-order valence-corrected chi connectivity index (χ1v) is 6.98. The summed E-state index contributed by atoms with van der Waals surface area (Å²) in [5.41, 5.74) is 1.20. The molecule has 0 heterocycles. The molecule has 5 heteroatoms. The third-order valence-corrected chi connectivity index (χ3v) is 4.24. The maximum atomic E-state index is 11.1. The molecule has 2 unspecified atom stereocenters. The fourth-order valence-corrected chi connectivity index (χ4v) is 3.74. The number of carbonyl (C=O) groups is 1. The van der Waals surface area contributed by atoms with Crippen LogP contribution in [0.1, 0.15) is 5.56 Å². The SMILES string of the molecule is COC(=O)C(Cl)SC(Br)Cc1ccccc1. The minimum atomic E-state index is -0.668. The van der Waals surface area contributed by atoms with Crippen LogP contribution < -0.4 is 0 Å². The number of ether oxygens (including phenoxy) is 1. The molecule has 0 bridgehead atoms. The van der Waals surface area contributed by atoms with Crippen molar-refractivity contribution in [2.24, 2.45) is 0 Å². The molecule has 0 aromatic heterocycles. The highest BCUT2D eigenvalue weighted by Gasteiger charge is 2.20. The fourth-order valence-electron chi connectivity index (χ4n) is 1.13. The molecule has 0 fully saturated rings. The summed E-state index contributed by atoms with van der Waals surface area (Å²) < 4.78 is 3.98. The maximum Gasteiger partial charge on any atom is 0.334 e. The first-order chi connectivity index (χ1) is 7.63. The van der Waals surface area contributed by atoms with Crippen molar-refractivity contribution in [1.82, 2.24) is 0 Å². The third-order valence-electron chi connectivity index (χ3n) is 1.89. The van der Waals surface area contributed by atoms with Crippen LogP contribution in [0.15, 0.2) is 30.3 Å². The molecule has 16 heavy (non-hydrogen) atoms. The number of methoxy groups -OCH3 is 1. The molecule has 1 aromatic rings. The molecule has 0 saturated heterocycles. The zero-order valence-corrected chi connectivity index (χ0v) is 11.9. The van der Waals surface area contributed by atoms with Crippen molar-refractivity contribution >= 4 is 45.3 Å². The lowest BCUT2D eigenvalue weighted by atomic mass is 10.2. The highest BCUT2D eigenvalue weighted by atomic mass is 79.9. The summed E-state index contributed by atoms with van der Waals surface area (Å²) in [7, 11) is 1.33. The summed E-state index contributed by atoms with van der Waals surface area (Å²) in [6.45, 7) is 0. The lowest BCUT2D eigenvalue weighted by Crippen LogP contribution is -2.15. The van der Waals surface area contributed by atoms with E-state index in [1.54, 1.807) is 0 Å². The summed E-state index contributed by atoms with van der Waals surface area (Å²) >= 11 is 10.7. The molecule has 0 N–H and O–H groups in total. The van der Waals surface area contributed by atoms with Crippen molar-refractivity contribution in [3.63, 3.8) is 0 Å². The van der Waals surface area contributed by atoms with Crippen molar-refractivity contribution in [3.8, 4) is 0 Å². The van der Waals surface area contributed by atoms with Crippen LogP contribution in [0.2, 0.25) is 0 Å². The quantitative estimate of drug-likeness (QED) is 0.613. The molecular weight excluding hydrogens is 312 g/mol. The van der Waals surface area contributed by atoms with Crippen LogP contribution >= 0.6 is 39.3 Å². The van der Waals surface area contributed by atoms with Gasteiger partial charge < -0.3 is 4.74 Å². The average Bonchev–Trinajstić information content (AvgIpc) is 2.29. The van der Waals surface area contributed by atoms with Gasteiger partial charge in [0.2, 0.25) is 0 Å². The number of benzene rings is 1. The molecule has 1 rings (SSSR count). The summed E-state index contributed by atoms with van der Waals surface area (Å²) in [6, 6.07) is 10.0. The summed E-state index contributed by atoms with van der Waals surface area (Å²) in [5.74, 6) is -0.413. The normalized spacial score (nSPS) is 14.2. The van der Waals surface area contributed by atoms with Gasteiger partial charge in [-0.05, 0) is 12.0 Å². The van der Waals surface area contributed by atoms with E-state index in [9.17, 15) is 4.79 Å². The molecule has 2 atom stereocenters. The number of halogens is 2. The van der Waals surface area contributed by atoms with Crippen molar-refractivity contribution in [2.75, 3.05) is 7.11 Å². The van der Waals surface area contributed by atoms with E-state index in [0.717, 1.165) is 6.42 Å². The highest BCUT2D eigenvalue weighted by molar-refractivity contribution is 9.11. The van der Waals surface area contributed by atoms with Crippen LogP contribution in [0.3, 0.4) is 0 Å². The molecule has 0 radical (unpaired) electrons. The van der Waals surface area contributed by atoms with Gasteiger partial charge in [0.15, 0.2) is 4.71 Å². The van der Waals surface area contributed by atoms with Gasteiger partial charge >= 0.3 is 5.97 Å². The van der Waals surface area contributed by atoms with Gasteiger partial charge in [-0.15, -0.1) is 11.8 Å². The predicted molar refractivity (Wildman–Crippen MR) is 72.1 cm³/mol. The zero-order valence-electron chi connectivity index (χ0n) is 8.73. The first-order valence-electron chi connectivity index (χ1n) is 4.69. The van der Waals surface area contributed by atoms with E-state index in [-0.39, 0.29) is 4.16 Å². The molecule has 0 aliphatic rings. The van der Waals surface area contributed by atoms with Crippen LogP contribution in [-0.2, 0) is 16.0 Å². The van der Waals surface area contributed by atoms with Gasteiger partial charge in [-0.1, -0.05) is 57.9 Å². The molecule has 2 nitrogen and oxygen atoms in total. The Kier molecular flexibility index (Phi) is 6.24. The van der Waals surface area contributed by atoms with E-state index in [1.165, 1.54) is 24.4 Å². The van der Waals surface area contributed by atoms with Crippen LogP contribution in [0.5, 0.6) is 0 Å². The Labute approximate surface area is 113 Å². The molecule has 0 spiro atoms. The first kappa shape index (κ1) is 13.9. The van der Waals surface area contributed by atoms with Crippen LogP contribution in [0.25, 0.3) is 0 Å². The summed E-state index contributed by atoms with van der Waals surface area (Å²) in [5, 5.41) is 0. The van der Waals surface area contributed by atoms with Gasteiger partial charge in [0.1, 0.15) is 0 Å². The largest absolute Gasteiger partial charge is 0.467 e. The molecule has 0 amide bonds. The van der Waals surface area contributed by atoms with Crippen molar-refractivity contribution in [2.45, 2.75) is 15.3 Å². The Morgan fingerprint density at radius 3 is 2.69 bits per heavy atom. The Bertz CT molecular complexity index is 334. The molecule has 0 saturated carbocycles. The predicted octanol–water partition coefficient (Wildman–Crippen LogP) is 3.42. The second-order valence-corrected chi connectivity index (χ2v) is 6.79. The van der Waals surface area contributed by atoms with Gasteiger partial charge in [0.25, 0.3) is 0 Å². The number of hydrogen-bond acceptors (Lipinski definition) is 3. The molecule has 0 aliphatic heterocycles. The van der Waals surface area contributed by atoms with Gasteiger partial charge in [0, 0.05) is 0 Å². The maximum absolute atomic E-state index is 11.1. The van der Waals surface area contributed by atoms with E-state index < -0.39 is 10.7 Å². The van der Waals surface area contributed by atoms with E-state index in [4.69, 9.17) is 11.6 Å². The van der Waals surface area contributed by atoms with Gasteiger partial charge in [-0.25, -0.2) is 4.79 Å². The Balaban J connectivity index is 2.42. The number of carbonyl (C=O) groups excluding carboxylic acids is 1. The number of esters is 1. The molecule has 1 aromatic carbocycles. The van der Waals surface area contributed by atoms with Gasteiger partial charge in [-0.3, -0.25) is 0 Å². The highest BCUT2D eigenvalue weighted by Crippen LogP contribution is 2.29. The third kappa shape index (κ3) is 4.76. The molecule has 0 aliphatic carbocycles. The van der Waals surface area contributed by atoms with Crippen LogP contribution in [-0.4, -0.2) is 21.9 Å². The number of hydrogen-bond donors (Lipinski definition) is 0. The second kappa shape index (κ2) is 7.20. The average molecular weight is 324 g/mol. The Morgan fingerprint density at radius 2 is 2.12 bits per heavy atom. The lowest BCUT2D eigenvalue weighted by Gasteiger charge is -2.12. The number of thioether (sulfide) groups is 1. The van der Waals surface area contributed by atoms with Crippen molar-refractivity contribution in [3.05, 3.63) is 35.9 Å². The second-order valence-electron chi connectivity index (χ2n) is 3.08. The minimum absolute atomic E-state index is 0.0940. The van der Waals surface area contributed by atoms with Crippen LogP contribution in [0.4, 0.5) is 0 Å². The monoisotopic (exact) mass is 322 g/mol. The van der Waals surface area contributed by atoms with Gasteiger partial charge in [0.05, 0.1) is 11.3 Å². The Hall–Kier alpha value is -0.190. The summed E-state index contributed by atoms with van der Waals surface area (Å²) in [6.07, 6.45) is 0.811. The zero-order chi connectivity index (χ0) is 12.0. The van der Waals surface area contributed by atoms with E-state index in [1.807, 2.05) is 30.3 Å². The van der Waals surface area contributed by atoms with E-state index >= 15 is 0 Å². The van der Waals surface area contributed by atoms with Crippen molar-refractivity contribution < 1.29 is 9.53 Å². The molecular formula is C11H12BrClO2S. The van der Waals surface area contributed by atoms with Gasteiger partial charge in [-0.2, -0.15) is 0 Å². The van der Waals surface area contributed by atoms with E-state index in [0.29, 0.717) is 0 Å². The lowest BCUT2D eigenvalue weighted by molar-refractivity contribution is -0.138. The topological polar surface area (TPSA) is 26.3 Å². The smallest absolute Gasteiger partial charge is 0.334 e. The van der Waals surface area contributed by atoms with Crippen molar-refractivity contribution in [1.29, 1.82) is 0 Å². The number of alkyl halides is 2.